The lowest BCUT2D eigenvalue weighted by atomic mass is 10.0. The molecule has 34 heavy (non-hydrogen) atoms. The van der Waals surface area contributed by atoms with Crippen molar-refractivity contribution in [3.8, 4) is 11.1 Å². The van der Waals surface area contributed by atoms with Gasteiger partial charge >= 0.3 is 0 Å². The van der Waals surface area contributed by atoms with Gasteiger partial charge < -0.3 is 20.4 Å². The van der Waals surface area contributed by atoms with Crippen molar-refractivity contribution in [1.82, 2.24) is 14.9 Å². The Labute approximate surface area is 199 Å². The van der Waals surface area contributed by atoms with E-state index in [1.54, 1.807) is 6.92 Å². The first kappa shape index (κ1) is 21.7. The number of piperazine rings is 1. The van der Waals surface area contributed by atoms with Crippen LogP contribution >= 0.6 is 0 Å². The van der Waals surface area contributed by atoms with Crippen LogP contribution in [0, 0.1) is 0 Å². The number of amides is 1. The molecule has 2 heterocycles. The van der Waals surface area contributed by atoms with Gasteiger partial charge in [-0.1, -0.05) is 30.3 Å². The molecule has 0 bridgehead atoms. The van der Waals surface area contributed by atoms with Gasteiger partial charge in [-0.2, -0.15) is 0 Å². The average Bonchev–Trinajstić information content (AvgIpc) is 2.89. The van der Waals surface area contributed by atoms with Crippen molar-refractivity contribution in [2.45, 2.75) is 6.92 Å². The summed E-state index contributed by atoms with van der Waals surface area (Å²) in [5, 5.41) is 7.50. The molecule has 7 nitrogen and oxygen atoms in total. The van der Waals surface area contributed by atoms with Crippen LogP contribution in [0.4, 0.5) is 23.0 Å². The summed E-state index contributed by atoms with van der Waals surface area (Å²) in [6, 6.07) is 22.8. The molecule has 7 heteroatoms. The van der Waals surface area contributed by atoms with Crippen LogP contribution in [0.5, 0.6) is 0 Å². The maximum atomic E-state index is 11.6. The van der Waals surface area contributed by atoms with Gasteiger partial charge in [0.25, 0.3) is 0 Å². The number of hydrogen-bond donors (Lipinski definition) is 2. The van der Waals surface area contributed by atoms with E-state index in [-0.39, 0.29) is 5.91 Å². The van der Waals surface area contributed by atoms with E-state index in [4.69, 9.17) is 4.98 Å². The number of carbonyl (C=O) groups is 1. The van der Waals surface area contributed by atoms with Crippen molar-refractivity contribution in [2.24, 2.45) is 0 Å². The Kier molecular flexibility index (Phi) is 5.99. The van der Waals surface area contributed by atoms with E-state index in [9.17, 15) is 4.79 Å². The number of aromatic nitrogens is 2. The standard InChI is InChI=1S/C27H28N6O/c1-19(34)32-14-16-33(17-15-32)24-12-10-23(11-13-24)30-27-29-18-21-4-3-5-25(26(21)31-27)20-6-8-22(28-2)9-7-20/h3-13,18,28H,14-17H2,1-2H3,(H,29,30,31). The normalized spacial score (nSPS) is 13.7. The van der Waals surface area contributed by atoms with Crippen LogP contribution in [0.15, 0.2) is 72.9 Å². The Balaban J connectivity index is 1.34. The summed E-state index contributed by atoms with van der Waals surface area (Å²) in [7, 11) is 1.92. The summed E-state index contributed by atoms with van der Waals surface area (Å²) in [5.74, 6) is 0.711. The lowest BCUT2D eigenvalue weighted by Gasteiger charge is -2.35. The molecule has 0 unspecified atom stereocenters. The number of nitrogens with zero attached hydrogens (tertiary/aromatic N) is 4. The lowest BCUT2D eigenvalue weighted by Crippen LogP contribution is -2.48. The van der Waals surface area contributed by atoms with Crippen molar-refractivity contribution in [1.29, 1.82) is 0 Å². The summed E-state index contributed by atoms with van der Waals surface area (Å²) in [6.07, 6.45) is 1.86. The lowest BCUT2D eigenvalue weighted by molar-refractivity contribution is -0.129. The molecule has 0 spiro atoms. The molecule has 1 aromatic heterocycles. The van der Waals surface area contributed by atoms with E-state index in [1.165, 1.54) is 0 Å². The highest BCUT2D eigenvalue weighted by Crippen LogP contribution is 2.29. The van der Waals surface area contributed by atoms with Crippen molar-refractivity contribution >= 4 is 39.8 Å². The Morgan fingerprint density at radius 2 is 1.59 bits per heavy atom. The number of hydrogen-bond acceptors (Lipinski definition) is 6. The second-order valence-electron chi connectivity index (χ2n) is 8.43. The first-order valence-corrected chi connectivity index (χ1v) is 11.5. The Morgan fingerprint density at radius 1 is 0.882 bits per heavy atom. The van der Waals surface area contributed by atoms with E-state index in [1.807, 2.05) is 42.4 Å². The molecule has 4 aromatic rings. The van der Waals surface area contributed by atoms with Crippen molar-refractivity contribution in [3.63, 3.8) is 0 Å². The first-order chi connectivity index (χ1) is 16.6. The second-order valence-corrected chi connectivity index (χ2v) is 8.43. The maximum absolute atomic E-state index is 11.6. The van der Waals surface area contributed by atoms with Gasteiger partial charge in [-0.3, -0.25) is 4.79 Å². The number of carbonyl (C=O) groups excluding carboxylic acids is 1. The predicted molar refractivity (Wildman–Crippen MR) is 139 cm³/mol. The molecule has 3 aromatic carbocycles. The van der Waals surface area contributed by atoms with Crippen molar-refractivity contribution in [2.75, 3.05) is 48.8 Å². The van der Waals surface area contributed by atoms with E-state index >= 15 is 0 Å². The molecule has 0 saturated carbocycles. The van der Waals surface area contributed by atoms with Crippen LogP contribution in [0.3, 0.4) is 0 Å². The number of nitrogens with one attached hydrogen (secondary N) is 2. The minimum atomic E-state index is 0.146. The van der Waals surface area contributed by atoms with Gasteiger partial charge in [0, 0.05) is 74.4 Å². The number of fused-ring (bicyclic) bond motifs is 1. The summed E-state index contributed by atoms with van der Waals surface area (Å²) < 4.78 is 0. The zero-order chi connectivity index (χ0) is 23.5. The highest BCUT2D eigenvalue weighted by atomic mass is 16.2. The largest absolute Gasteiger partial charge is 0.388 e. The minimum Gasteiger partial charge on any atom is -0.388 e. The van der Waals surface area contributed by atoms with Crippen LogP contribution in [-0.2, 0) is 4.79 Å². The van der Waals surface area contributed by atoms with Gasteiger partial charge in [0.2, 0.25) is 11.9 Å². The molecule has 1 fully saturated rings. The fourth-order valence-electron chi connectivity index (χ4n) is 4.33. The smallest absolute Gasteiger partial charge is 0.227 e. The number of benzene rings is 3. The van der Waals surface area contributed by atoms with Crippen LogP contribution in [0.25, 0.3) is 22.0 Å². The molecule has 1 amide bonds. The summed E-state index contributed by atoms with van der Waals surface area (Å²) in [4.78, 5) is 25.1. The molecule has 5 rings (SSSR count). The van der Waals surface area contributed by atoms with Crippen molar-refractivity contribution < 1.29 is 4.79 Å². The third kappa shape index (κ3) is 4.50. The minimum absolute atomic E-state index is 0.146. The number of anilines is 4. The average molecular weight is 453 g/mol. The third-order valence-electron chi connectivity index (χ3n) is 6.31. The van der Waals surface area contributed by atoms with Crippen LogP contribution in [0.2, 0.25) is 0 Å². The van der Waals surface area contributed by atoms with Gasteiger partial charge in [-0.05, 0) is 42.0 Å². The fourth-order valence-corrected chi connectivity index (χ4v) is 4.33. The monoisotopic (exact) mass is 452 g/mol. The zero-order valence-electron chi connectivity index (χ0n) is 19.5. The molecule has 2 N–H and O–H groups in total. The maximum Gasteiger partial charge on any atom is 0.227 e. The van der Waals surface area contributed by atoms with Gasteiger partial charge in [-0.25, -0.2) is 9.97 Å². The van der Waals surface area contributed by atoms with Gasteiger partial charge in [0.1, 0.15) is 0 Å². The van der Waals surface area contributed by atoms with Gasteiger partial charge in [-0.15, -0.1) is 0 Å². The topological polar surface area (TPSA) is 73.4 Å². The van der Waals surface area contributed by atoms with Crippen LogP contribution < -0.4 is 15.5 Å². The van der Waals surface area contributed by atoms with E-state index in [0.717, 1.165) is 65.3 Å². The summed E-state index contributed by atoms with van der Waals surface area (Å²) >= 11 is 0. The zero-order valence-corrected chi connectivity index (χ0v) is 19.5. The molecular formula is C27H28N6O. The van der Waals surface area contributed by atoms with E-state index < -0.39 is 0 Å². The molecule has 0 aliphatic carbocycles. The molecule has 0 radical (unpaired) electrons. The Morgan fingerprint density at radius 3 is 2.26 bits per heavy atom. The molecule has 172 valence electrons. The Bertz CT molecular complexity index is 1300. The predicted octanol–water partition coefficient (Wildman–Crippen LogP) is 4.75. The number of para-hydroxylation sites is 1. The van der Waals surface area contributed by atoms with Crippen LogP contribution in [-0.4, -0.2) is 54.0 Å². The first-order valence-electron chi connectivity index (χ1n) is 11.5. The van der Waals surface area contributed by atoms with Gasteiger partial charge in [0.15, 0.2) is 0 Å². The van der Waals surface area contributed by atoms with E-state index in [0.29, 0.717) is 5.95 Å². The molecular weight excluding hydrogens is 424 g/mol. The van der Waals surface area contributed by atoms with Crippen molar-refractivity contribution in [3.05, 3.63) is 72.9 Å². The highest BCUT2D eigenvalue weighted by molar-refractivity contribution is 5.94. The molecule has 1 aliphatic heterocycles. The molecule has 0 atom stereocenters. The van der Waals surface area contributed by atoms with E-state index in [2.05, 4.69) is 63.0 Å². The SMILES string of the molecule is CNc1ccc(-c2cccc3cnc(Nc4ccc(N5CCN(C(C)=O)CC5)cc4)nc23)cc1. The molecule has 1 aliphatic rings. The Hall–Kier alpha value is -4.13. The number of rotatable bonds is 5. The highest BCUT2D eigenvalue weighted by Gasteiger charge is 2.18. The quantitative estimate of drug-likeness (QED) is 0.455. The third-order valence-corrected chi connectivity index (χ3v) is 6.31. The fraction of sp³-hybridized carbons (Fsp3) is 0.222. The van der Waals surface area contributed by atoms with Gasteiger partial charge in [0.05, 0.1) is 5.52 Å². The van der Waals surface area contributed by atoms with Crippen LogP contribution in [0.1, 0.15) is 6.92 Å². The molecule has 1 saturated heterocycles. The summed E-state index contributed by atoms with van der Waals surface area (Å²) in [5.41, 5.74) is 6.26. The second kappa shape index (κ2) is 9.39. The summed E-state index contributed by atoms with van der Waals surface area (Å²) in [6.45, 7) is 4.85.